The number of hydrogen-bond donors (Lipinski definition) is 1. The lowest BCUT2D eigenvalue weighted by Gasteiger charge is -2.27. The van der Waals surface area contributed by atoms with Crippen molar-refractivity contribution in [2.75, 3.05) is 24.4 Å². The van der Waals surface area contributed by atoms with Crippen LogP contribution in [-0.4, -0.2) is 55.0 Å². The zero-order chi connectivity index (χ0) is 24.2. The van der Waals surface area contributed by atoms with E-state index in [1.54, 1.807) is 60.5 Å². The molecule has 0 aromatic heterocycles. The molecule has 1 saturated carbocycles. The van der Waals surface area contributed by atoms with Gasteiger partial charge in [0.2, 0.25) is 5.91 Å². The second-order valence-electron chi connectivity index (χ2n) is 8.34. The minimum Gasteiger partial charge on any atom is -0.497 e. The third kappa shape index (κ3) is 4.59. The summed E-state index contributed by atoms with van der Waals surface area (Å²) in [6.45, 7) is 0. The summed E-state index contributed by atoms with van der Waals surface area (Å²) in [5.41, 5.74) is 1.29. The Morgan fingerprint density at radius 2 is 1.62 bits per heavy atom. The normalized spacial score (nSPS) is 18.4. The largest absolute Gasteiger partial charge is 0.497 e. The lowest BCUT2D eigenvalue weighted by molar-refractivity contribution is -0.124. The van der Waals surface area contributed by atoms with Crippen molar-refractivity contribution in [3.8, 4) is 5.75 Å². The maximum absolute atomic E-state index is 13.4. The first-order valence-electron chi connectivity index (χ1n) is 11.2. The maximum Gasteiger partial charge on any atom is 0.337 e. The summed E-state index contributed by atoms with van der Waals surface area (Å²) in [6, 6.07) is 11.6. The van der Waals surface area contributed by atoms with E-state index >= 15 is 0 Å². The maximum atomic E-state index is 13.4. The first-order chi connectivity index (χ1) is 16.4. The van der Waals surface area contributed by atoms with E-state index in [1.165, 1.54) is 7.11 Å². The van der Waals surface area contributed by atoms with Gasteiger partial charge in [0.05, 0.1) is 31.9 Å². The molecule has 1 saturated heterocycles. The van der Waals surface area contributed by atoms with E-state index in [0.29, 0.717) is 22.7 Å². The van der Waals surface area contributed by atoms with E-state index < -0.39 is 29.9 Å². The molecule has 9 nitrogen and oxygen atoms in total. The molecule has 0 radical (unpaired) electrons. The van der Waals surface area contributed by atoms with Gasteiger partial charge in [-0.1, -0.05) is 12.8 Å². The van der Waals surface area contributed by atoms with Crippen molar-refractivity contribution in [2.24, 2.45) is 0 Å². The number of methoxy groups -OCH3 is 2. The number of imide groups is 1. The van der Waals surface area contributed by atoms with Crippen molar-refractivity contribution in [2.45, 2.75) is 44.2 Å². The Labute approximate surface area is 197 Å². The van der Waals surface area contributed by atoms with Crippen LogP contribution in [0.15, 0.2) is 48.5 Å². The summed E-state index contributed by atoms with van der Waals surface area (Å²) in [6.07, 6.45) is 3.42. The van der Waals surface area contributed by atoms with Crippen molar-refractivity contribution >= 4 is 35.2 Å². The highest BCUT2D eigenvalue weighted by molar-refractivity contribution is 6.22. The van der Waals surface area contributed by atoms with E-state index in [9.17, 15) is 19.2 Å². The fraction of sp³-hybridized carbons (Fsp3) is 0.360. The highest BCUT2D eigenvalue weighted by Crippen LogP contribution is 2.34. The Bertz CT molecular complexity index is 1080. The van der Waals surface area contributed by atoms with E-state index in [0.717, 1.165) is 30.6 Å². The molecule has 34 heavy (non-hydrogen) atoms. The Kier molecular flexibility index (Phi) is 6.81. The van der Waals surface area contributed by atoms with Crippen LogP contribution in [0, 0.1) is 0 Å². The first-order valence-corrected chi connectivity index (χ1v) is 11.2. The molecule has 0 spiro atoms. The monoisotopic (exact) mass is 465 g/mol. The number of nitrogens with one attached hydrogen (secondary N) is 1. The number of ether oxygens (including phenoxy) is 2. The number of hydrogen-bond acceptors (Lipinski definition) is 6. The average Bonchev–Trinajstić information content (AvgIpc) is 3.45. The zero-order valence-electron chi connectivity index (χ0n) is 19.2. The summed E-state index contributed by atoms with van der Waals surface area (Å²) in [5.74, 6) is -0.668. The topological polar surface area (TPSA) is 105 Å². The number of nitrogens with zero attached hydrogens (tertiary/aromatic N) is 2. The third-order valence-corrected chi connectivity index (χ3v) is 6.27. The number of benzene rings is 2. The Morgan fingerprint density at radius 3 is 2.21 bits per heavy atom. The molecule has 4 amide bonds. The van der Waals surface area contributed by atoms with Crippen LogP contribution in [0.3, 0.4) is 0 Å². The molecular weight excluding hydrogens is 438 g/mol. The minimum atomic E-state index is -0.882. The number of urea groups is 1. The van der Waals surface area contributed by atoms with Crippen LogP contribution in [0.25, 0.3) is 0 Å². The fourth-order valence-corrected chi connectivity index (χ4v) is 4.55. The van der Waals surface area contributed by atoms with Gasteiger partial charge in [0.1, 0.15) is 11.8 Å². The van der Waals surface area contributed by atoms with Crippen LogP contribution in [0.4, 0.5) is 16.2 Å². The third-order valence-electron chi connectivity index (χ3n) is 6.27. The minimum absolute atomic E-state index is 0.0724. The number of anilines is 2. The molecule has 2 aromatic rings. The van der Waals surface area contributed by atoms with E-state index in [-0.39, 0.29) is 12.5 Å². The zero-order valence-corrected chi connectivity index (χ0v) is 19.2. The summed E-state index contributed by atoms with van der Waals surface area (Å²) < 4.78 is 9.84. The Morgan fingerprint density at radius 1 is 0.971 bits per heavy atom. The number of esters is 1. The highest BCUT2D eigenvalue weighted by atomic mass is 16.5. The van der Waals surface area contributed by atoms with Gasteiger partial charge in [0.25, 0.3) is 5.91 Å². The van der Waals surface area contributed by atoms with Crippen LogP contribution in [0.1, 0.15) is 42.5 Å². The van der Waals surface area contributed by atoms with Crippen LogP contribution < -0.4 is 15.0 Å². The van der Waals surface area contributed by atoms with Crippen molar-refractivity contribution in [1.82, 2.24) is 4.90 Å². The quantitative estimate of drug-likeness (QED) is 0.495. The van der Waals surface area contributed by atoms with Gasteiger partial charge in [0, 0.05) is 11.7 Å². The molecule has 9 heteroatoms. The molecule has 1 heterocycles. The van der Waals surface area contributed by atoms with Gasteiger partial charge in [-0.25, -0.2) is 14.5 Å². The molecule has 0 unspecified atom stereocenters. The van der Waals surface area contributed by atoms with Gasteiger partial charge in [-0.3, -0.25) is 9.59 Å². The molecule has 178 valence electrons. The Hall–Kier alpha value is -3.88. The van der Waals surface area contributed by atoms with Crippen LogP contribution in [-0.2, 0) is 14.3 Å². The van der Waals surface area contributed by atoms with Crippen molar-refractivity contribution in [3.63, 3.8) is 0 Å². The second-order valence-corrected chi connectivity index (χ2v) is 8.34. The molecule has 2 aromatic carbocycles. The average molecular weight is 466 g/mol. The molecule has 1 atom stereocenters. The predicted molar refractivity (Wildman–Crippen MR) is 125 cm³/mol. The molecule has 1 aliphatic carbocycles. The number of carbonyl (C=O) groups is 4. The lowest BCUT2D eigenvalue weighted by Crippen LogP contribution is -2.43. The van der Waals surface area contributed by atoms with Crippen LogP contribution in [0.2, 0.25) is 0 Å². The van der Waals surface area contributed by atoms with Gasteiger partial charge in [-0.15, -0.1) is 0 Å². The fourth-order valence-electron chi connectivity index (χ4n) is 4.55. The van der Waals surface area contributed by atoms with E-state index in [4.69, 9.17) is 4.74 Å². The molecule has 2 fully saturated rings. The first kappa shape index (κ1) is 23.3. The van der Waals surface area contributed by atoms with Gasteiger partial charge < -0.3 is 19.7 Å². The smallest absolute Gasteiger partial charge is 0.337 e. The van der Waals surface area contributed by atoms with Gasteiger partial charge >= 0.3 is 12.0 Å². The second kappa shape index (κ2) is 9.94. The summed E-state index contributed by atoms with van der Waals surface area (Å²) >= 11 is 0. The van der Waals surface area contributed by atoms with Gasteiger partial charge in [-0.05, 0) is 61.4 Å². The molecular formula is C25H27N3O6. The molecule has 0 bridgehead atoms. The molecule has 1 aliphatic heterocycles. The van der Waals surface area contributed by atoms with Gasteiger partial charge in [0.15, 0.2) is 0 Å². The van der Waals surface area contributed by atoms with Gasteiger partial charge in [-0.2, -0.15) is 0 Å². The summed E-state index contributed by atoms with van der Waals surface area (Å²) in [4.78, 5) is 53.9. The summed E-state index contributed by atoms with van der Waals surface area (Å²) in [7, 11) is 2.84. The number of amides is 4. The van der Waals surface area contributed by atoms with Crippen molar-refractivity contribution in [1.29, 1.82) is 0 Å². The highest BCUT2D eigenvalue weighted by Gasteiger charge is 2.49. The lowest BCUT2D eigenvalue weighted by atomic mass is 10.1. The van der Waals surface area contributed by atoms with Crippen LogP contribution in [0.5, 0.6) is 5.75 Å². The SMILES string of the molecule is COC(=O)c1ccc(NC(=O)C[C@H]2C(=O)N(c3ccc(OC)cc3)C(=O)N2C2CCCC2)cc1. The number of rotatable bonds is 7. The van der Waals surface area contributed by atoms with E-state index in [2.05, 4.69) is 10.1 Å². The van der Waals surface area contributed by atoms with Crippen molar-refractivity contribution < 1.29 is 28.7 Å². The molecule has 2 aliphatic rings. The van der Waals surface area contributed by atoms with Crippen molar-refractivity contribution in [3.05, 3.63) is 54.1 Å². The standard InChI is InChI=1S/C25H27N3O6/c1-33-20-13-11-19(12-14-20)28-23(30)21(27(25(28)32)18-5-3-4-6-18)15-22(29)26-17-9-7-16(8-10-17)24(31)34-2/h7-14,18,21H,3-6,15H2,1-2H3,(H,26,29)/t21-/m0/s1. The number of carbonyl (C=O) groups excluding carboxylic acids is 4. The Balaban J connectivity index is 1.52. The van der Waals surface area contributed by atoms with E-state index in [1.807, 2.05) is 0 Å². The predicted octanol–water partition coefficient (Wildman–Crippen LogP) is 3.59. The summed E-state index contributed by atoms with van der Waals surface area (Å²) in [5, 5.41) is 2.75. The van der Waals surface area contributed by atoms with Crippen LogP contribution >= 0.6 is 0 Å². The molecule has 4 rings (SSSR count). The molecule has 1 N–H and O–H groups in total.